The molecule has 1 atom stereocenters. The second-order valence-electron chi connectivity index (χ2n) is 5.94. The smallest absolute Gasteiger partial charge is 0.219 e. The fraction of sp³-hybridized carbons (Fsp3) is 0.471. The van der Waals surface area contributed by atoms with Crippen LogP contribution in [0.3, 0.4) is 0 Å². The van der Waals surface area contributed by atoms with Crippen molar-refractivity contribution < 1.29 is 4.79 Å². The third-order valence-corrected chi connectivity index (χ3v) is 5.47. The molecular weight excluding hydrogens is 294 g/mol. The summed E-state index contributed by atoms with van der Waals surface area (Å²) in [7, 11) is 0. The summed E-state index contributed by atoms with van der Waals surface area (Å²) in [5.74, 6) is 0.515. The van der Waals surface area contributed by atoms with Crippen molar-refractivity contribution in [2.24, 2.45) is 0 Å². The van der Waals surface area contributed by atoms with Crippen molar-refractivity contribution >= 4 is 17.2 Å². The first-order valence-electron chi connectivity index (χ1n) is 7.70. The first-order valence-corrected chi connectivity index (χ1v) is 8.52. The minimum atomic E-state index is 0.162. The number of nitrogens with zero attached hydrogens (tertiary/aromatic N) is 3. The van der Waals surface area contributed by atoms with Gasteiger partial charge < -0.3 is 4.90 Å². The van der Waals surface area contributed by atoms with E-state index in [9.17, 15) is 4.79 Å². The number of rotatable bonds is 2. The van der Waals surface area contributed by atoms with Crippen molar-refractivity contribution in [1.29, 1.82) is 0 Å². The topological polar surface area (TPSA) is 46.1 Å². The number of thiazole rings is 1. The van der Waals surface area contributed by atoms with E-state index in [1.165, 1.54) is 4.88 Å². The molecule has 2 aromatic heterocycles. The maximum Gasteiger partial charge on any atom is 0.219 e. The van der Waals surface area contributed by atoms with Gasteiger partial charge in [-0.3, -0.25) is 9.78 Å². The molecule has 0 unspecified atom stereocenters. The number of pyridine rings is 1. The number of carbonyl (C=O) groups is 1. The molecule has 3 heterocycles. The zero-order chi connectivity index (χ0) is 15.7. The van der Waals surface area contributed by atoms with Gasteiger partial charge >= 0.3 is 0 Å². The minimum absolute atomic E-state index is 0.162. The van der Waals surface area contributed by atoms with E-state index in [1.807, 2.05) is 18.0 Å². The Morgan fingerprint density at radius 3 is 2.77 bits per heavy atom. The van der Waals surface area contributed by atoms with Gasteiger partial charge in [0.05, 0.1) is 5.69 Å². The van der Waals surface area contributed by atoms with Gasteiger partial charge in [0.15, 0.2) is 0 Å². The van der Waals surface area contributed by atoms with Crippen LogP contribution < -0.4 is 0 Å². The SMILES string of the molecule is CC(=O)N1CCC[C@@H](c2ccc(-c3nc(C)c(C)s3)cn2)C1. The highest BCUT2D eigenvalue weighted by atomic mass is 32.1. The molecule has 3 rings (SSSR count). The van der Waals surface area contributed by atoms with Crippen LogP contribution in [0.5, 0.6) is 0 Å². The van der Waals surface area contributed by atoms with Crippen molar-refractivity contribution in [2.45, 2.75) is 39.5 Å². The Kier molecular flexibility index (Phi) is 4.25. The number of hydrogen-bond acceptors (Lipinski definition) is 4. The molecule has 1 aliphatic heterocycles. The van der Waals surface area contributed by atoms with Gasteiger partial charge in [0.25, 0.3) is 0 Å². The molecule has 1 fully saturated rings. The molecule has 22 heavy (non-hydrogen) atoms. The Hall–Kier alpha value is -1.75. The molecule has 0 saturated carbocycles. The maximum absolute atomic E-state index is 11.5. The molecular formula is C17H21N3OS. The van der Waals surface area contributed by atoms with Crippen LogP contribution in [0.15, 0.2) is 18.3 Å². The molecule has 2 aromatic rings. The van der Waals surface area contributed by atoms with E-state index in [1.54, 1.807) is 18.3 Å². The first kappa shape index (κ1) is 15.2. The van der Waals surface area contributed by atoms with Gasteiger partial charge in [0.2, 0.25) is 5.91 Å². The van der Waals surface area contributed by atoms with Gasteiger partial charge in [0.1, 0.15) is 5.01 Å². The summed E-state index contributed by atoms with van der Waals surface area (Å²) < 4.78 is 0. The quantitative estimate of drug-likeness (QED) is 0.851. The highest BCUT2D eigenvalue weighted by Crippen LogP contribution is 2.29. The molecule has 0 aromatic carbocycles. The van der Waals surface area contributed by atoms with Crippen molar-refractivity contribution in [1.82, 2.24) is 14.9 Å². The van der Waals surface area contributed by atoms with Crippen LogP contribution in [0, 0.1) is 13.8 Å². The molecule has 0 spiro atoms. The number of amides is 1. The van der Waals surface area contributed by atoms with Crippen LogP contribution in [0.4, 0.5) is 0 Å². The molecule has 4 nitrogen and oxygen atoms in total. The normalized spacial score (nSPS) is 18.5. The minimum Gasteiger partial charge on any atom is -0.342 e. The van der Waals surface area contributed by atoms with Crippen LogP contribution in [0.1, 0.15) is 41.9 Å². The fourth-order valence-corrected chi connectivity index (χ4v) is 3.78. The van der Waals surface area contributed by atoms with Crippen LogP contribution >= 0.6 is 11.3 Å². The lowest BCUT2D eigenvalue weighted by Gasteiger charge is -2.31. The number of hydrogen-bond donors (Lipinski definition) is 0. The zero-order valence-electron chi connectivity index (χ0n) is 13.3. The summed E-state index contributed by atoms with van der Waals surface area (Å²) in [4.78, 5) is 24.0. The largest absolute Gasteiger partial charge is 0.342 e. The molecule has 1 saturated heterocycles. The van der Waals surface area contributed by atoms with Gasteiger partial charge in [-0.1, -0.05) is 0 Å². The highest BCUT2D eigenvalue weighted by molar-refractivity contribution is 7.15. The van der Waals surface area contributed by atoms with Crippen molar-refractivity contribution in [3.8, 4) is 10.6 Å². The van der Waals surface area contributed by atoms with Crippen LogP contribution in [0.25, 0.3) is 10.6 Å². The molecule has 0 N–H and O–H groups in total. The second-order valence-corrected chi connectivity index (χ2v) is 7.14. The van der Waals surface area contributed by atoms with E-state index in [0.717, 1.165) is 47.9 Å². The third kappa shape index (κ3) is 3.04. The van der Waals surface area contributed by atoms with Gasteiger partial charge in [0, 0.05) is 48.3 Å². The monoisotopic (exact) mass is 315 g/mol. The summed E-state index contributed by atoms with van der Waals surface area (Å²) >= 11 is 1.71. The second kappa shape index (κ2) is 6.16. The maximum atomic E-state index is 11.5. The predicted octanol–water partition coefficient (Wildman–Crippen LogP) is 3.55. The lowest BCUT2D eigenvalue weighted by atomic mass is 9.94. The Labute approximate surface area is 135 Å². The average Bonchev–Trinajstić information content (AvgIpc) is 2.87. The van der Waals surface area contributed by atoms with Gasteiger partial charge in [-0.15, -0.1) is 11.3 Å². The fourth-order valence-electron chi connectivity index (χ4n) is 2.87. The molecule has 0 aliphatic carbocycles. The van der Waals surface area contributed by atoms with E-state index in [0.29, 0.717) is 5.92 Å². The van der Waals surface area contributed by atoms with Crippen LogP contribution in [0.2, 0.25) is 0 Å². The summed E-state index contributed by atoms with van der Waals surface area (Å²) in [5.41, 5.74) is 3.25. The Morgan fingerprint density at radius 2 is 2.18 bits per heavy atom. The van der Waals surface area contributed by atoms with E-state index in [-0.39, 0.29) is 5.91 Å². The molecule has 0 radical (unpaired) electrons. The van der Waals surface area contributed by atoms with Crippen LogP contribution in [-0.2, 0) is 4.79 Å². The van der Waals surface area contributed by atoms with E-state index in [4.69, 9.17) is 0 Å². The van der Waals surface area contributed by atoms with Crippen molar-refractivity contribution in [3.05, 3.63) is 34.6 Å². The van der Waals surface area contributed by atoms with Gasteiger partial charge in [-0.05, 0) is 38.8 Å². The van der Waals surface area contributed by atoms with E-state index >= 15 is 0 Å². The third-order valence-electron chi connectivity index (χ3n) is 4.35. The number of likely N-dealkylation sites (tertiary alicyclic amines) is 1. The van der Waals surface area contributed by atoms with E-state index in [2.05, 4.69) is 29.0 Å². The van der Waals surface area contributed by atoms with Crippen molar-refractivity contribution in [3.63, 3.8) is 0 Å². The Balaban J connectivity index is 1.77. The molecule has 0 bridgehead atoms. The Bertz CT molecular complexity index is 658. The lowest BCUT2D eigenvalue weighted by Crippen LogP contribution is -2.37. The summed E-state index contributed by atoms with van der Waals surface area (Å²) in [6, 6.07) is 4.20. The lowest BCUT2D eigenvalue weighted by molar-refractivity contribution is -0.130. The molecule has 116 valence electrons. The first-order chi connectivity index (χ1) is 10.5. The average molecular weight is 315 g/mol. The van der Waals surface area contributed by atoms with E-state index < -0.39 is 0 Å². The van der Waals surface area contributed by atoms with Gasteiger partial charge in [-0.25, -0.2) is 4.98 Å². The van der Waals surface area contributed by atoms with Crippen molar-refractivity contribution in [2.75, 3.05) is 13.1 Å². The predicted molar refractivity (Wildman–Crippen MR) is 89.0 cm³/mol. The summed E-state index contributed by atoms with van der Waals surface area (Å²) in [5, 5.41) is 1.03. The standard InChI is InChI=1S/C17H21N3OS/c1-11-12(2)22-17(19-11)14-6-7-16(18-9-14)15-5-4-8-20(10-15)13(3)21/h6-7,9,15H,4-5,8,10H2,1-3H3/t15-/m1/s1. The molecule has 1 aliphatic rings. The number of aromatic nitrogens is 2. The molecule has 1 amide bonds. The molecule has 5 heteroatoms. The highest BCUT2D eigenvalue weighted by Gasteiger charge is 2.23. The Morgan fingerprint density at radius 1 is 1.36 bits per heavy atom. The zero-order valence-corrected chi connectivity index (χ0v) is 14.1. The number of piperidine rings is 1. The van der Waals surface area contributed by atoms with Crippen LogP contribution in [-0.4, -0.2) is 33.9 Å². The van der Waals surface area contributed by atoms with Gasteiger partial charge in [-0.2, -0.15) is 0 Å². The number of aryl methyl sites for hydroxylation is 2. The summed E-state index contributed by atoms with van der Waals surface area (Å²) in [6.07, 6.45) is 4.07. The summed E-state index contributed by atoms with van der Waals surface area (Å²) in [6.45, 7) is 7.44. The number of carbonyl (C=O) groups excluding carboxylic acids is 1.